The molecule has 1 aromatic heterocycles. The van der Waals surface area contributed by atoms with Crippen LogP contribution in [-0.4, -0.2) is 15.5 Å². The summed E-state index contributed by atoms with van der Waals surface area (Å²) in [6, 6.07) is 21.5. The summed E-state index contributed by atoms with van der Waals surface area (Å²) in [4.78, 5) is 17.3. The van der Waals surface area contributed by atoms with Crippen molar-refractivity contribution in [1.82, 2.24) is 9.55 Å². The number of amides is 1. The van der Waals surface area contributed by atoms with E-state index in [1.165, 1.54) is 12.1 Å². The van der Waals surface area contributed by atoms with Gasteiger partial charge < -0.3 is 9.88 Å². The summed E-state index contributed by atoms with van der Waals surface area (Å²) in [5.74, 6) is -0.0940. The second-order valence-corrected chi connectivity index (χ2v) is 6.96. The number of aromatic nitrogens is 2. The third kappa shape index (κ3) is 3.61. The van der Waals surface area contributed by atoms with E-state index in [4.69, 9.17) is 0 Å². The van der Waals surface area contributed by atoms with Crippen molar-refractivity contribution < 1.29 is 9.18 Å². The Morgan fingerprint density at radius 3 is 2.48 bits per heavy atom. The second-order valence-electron chi connectivity index (χ2n) is 6.05. The summed E-state index contributed by atoms with van der Waals surface area (Å²) in [6.07, 6.45) is 0. The lowest BCUT2D eigenvalue weighted by Crippen LogP contribution is -2.20. The Hall–Kier alpha value is -2.99. The first-order valence-electron chi connectivity index (χ1n) is 8.37. The first kappa shape index (κ1) is 17.4. The molecule has 1 N–H and O–H groups in total. The SMILES string of the molecule is O=C(Cn1c(-c2ccc(Br)cc2)nc2ccccc21)Nc1ccccc1F. The molecule has 0 spiro atoms. The number of imidazole rings is 1. The first-order chi connectivity index (χ1) is 13.1. The lowest BCUT2D eigenvalue weighted by Gasteiger charge is -2.11. The number of hydrogen-bond acceptors (Lipinski definition) is 2. The van der Waals surface area contributed by atoms with Crippen LogP contribution < -0.4 is 5.32 Å². The van der Waals surface area contributed by atoms with Crippen molar-refractivity contribution in [3.05, 3.63) is 83.1 Å². The molecule has 0 fully saturated rings. The zero-order valence-corrected chi connectivity index (χ0v) is 15.8. The molecule has 0 atom stereocenters. The van der Waals surface area contributed by atoms with Crippen LogP contribution in [0.4, 0.5) is 10.1 Å². The molecule has 0 aliphatic rings. The molecule has 0 saturated carbocycles. The molecule has 0 radical (unpaired) electrons. The number of hydrogen-bond donors (Lipinski definition) is 1. The number of halogens is 2. The quantitative estimate of drug-likeness (QED) is 0.487. The highest BCUT2D eigenvalue weighted by Crippen LogP contribution is 2.26. The van der Waals surface area contributed by atoms with Gasteiger partial charge in [0.05, 0.1) is 16.7 Å². The predicted octanol–water partition coefficient (Wildman–Crippen LogP) is 5.24. The zero-order valence-electron chi connectivity index (χ0n) is 14.2. The van der Waals surface area contributed by atoms with Crippen LogP contribution in [0, 0.1) is 5.82 Å². The molecule has 134 valence electrons. The van der Waals surface area contributed by atoms with Crippen molar-refractivity contribution >= 4 is 38.6 Å². The van der Waals surface area contributed by atoms with Crippen molar-refractivity contribution in [1.29, 1.82) is 0 Å². The molecule has 27 heavy (non-hydrogen) atoms. The number of benzene rings is 3. The maximum Gasteiger partial charge on any atom is 0.244 e. The first-order valence-corrected chi connectivity index (χ1v) is 9.17. The lowest BCUT2D eigenvalue weighted by atomic mass is 10.2. The Morgan fingerprint density at radius 1 is 1.00 bits per heavy atom. The minimum atomic E-state index is -0.463. The van der Waals surface area contributed by atoms with Crippen molar-refractivity contribution in [3.63, 3.8) is 0 Å². The number of nitrogens with one attached hydrogen (secondary N) is 1. The van der Waals surface area contributed by atoms with Gasteiger partial charge in [0.2, 0.25) is 5.91 Å². The lowest BCUT2D eigenvalue weighted by molar-refractivity contribution is -0.116. The van der Waals surface area contributed by atoms with Gasteiger partial charge in [0.15, 0.2) is 0 Å². The summed E-state index contributed by atoms with van der Waals surface area (Å²) in [6.45, 7) is 0.0280. The van der Waals surface area contributed by atoms with Crippen LogP contribution in [0.25, 0.3) is 22.4 Å². The Balaban J connectivity index is 1.71. The number of fused-ring (bicyclic) bond motifs is 1. The van der Waals surface area contributed by atoms with E-state index >= 15 is 0 Å². The van der Waals surface area contributed by atoms with Gasteiger partial charge in [-0.25, -0.2) is 9.37 Å². The Kier molecular flexibility index (Phi) is 4.73. The largest absolute Gasteiger partial charge is 0.322 e. The van der Waals surface area contributed by atoms with Gasteiger partial charge in [0.25, 0.3) is 0 Å². The summed E-state index contributed by atoms with van der Waals surface area (Å²) in [5, 5.41) is 2.63. The van der Waals surface area contributed by atoms with Crippen LogP contribution in [0.5, 0.6) is 0 Å². The maximum atomic E-state index is 13.8. The van der Waals surface area contributed by atoms with Gasteiger partial charge in [0.1, 0.15) is 18.2 Å². The smallest absolute Gasteiger partial charge is 0.244 e. The van der Waals surface area contributed by atoms with Gasteiger partial charge >= 0.3 is 0 Å². The van der Waals surface area contributed by atoms with Crippen molar-refractivity contribution in [2.45, 2.75) is 6.54 Å². The highest BCUT2D eigenvalue weighted by molar-refractivity contribution is 9.10. The fourth-order valence-corrected chi connectivity index (χ4v) is 3.22. The van der Waals surface area contributed by atoms with Crippen molar-refractivity contribution in [2.24, 2.45) is 0 Å². The molecule has 0 bridgehead atoms. The number of carbonyl (C=O) groups is 1. The molecule has 0 aliphatic heterocycles. The average molecular weight is 424 g/mol. The van der Waals surface area contributed by atoms with Gasteiger partial charge in [0, 0.05) is 10.0 Å². The fourth-order valence-electron chi connectivity index (χ4n) is 2.95. The maximum absolute atomic E-state index is 13.8. The van der Waals surface area contributed by atoms with E-state index in [2.05, 4.69) is 26.2 Å². The monoisotopic (exact) mass is 423 g/mol. The number of carbonyl (C=O) groups excluding carboxylic acids is 1. The normalized spacial score (nSPS) is 10.9. The Bertz CT molecular complexity index is 1120. The van der Waals surface area contributed by atoms with Crippen LogP contribution in [0.15, 0.2) is 77.3 Å². The van der Waals surface area contributed by atoms with E-state index in [0.29, 0.717) is 5.82 Å². The van der Waals surface area contributed by atoms with Crippen LogP contribution >= 0.6 is 15.9 Å². The molecular formula is C21H15BrFN3O. The standard InChI is InChI=1S/C21H15BrFN3O/c22-15-11-9-14(10-12-15)21-25-18-7-3-4-8-19(18)26(21)13-20(27)24-17-6-2-1-5-16(17)23/h1-12H,13H2,(H,24,27). The van der Waals surface area contributed by atoms with E-state index in [0.717, 1.165) is 21.1 Å². The van der Waals surface area contributed by atoms with Gasteiger partial charge in [-0.3, -0.25) is 4.79 Å². The summed E-state index contributed by atoms with van der Waals surface area (Å²) in [7, 11) is 0. The topological polar surface area (TPSA) is 46.9 Å². The second kappa shape index (κ2) is 7.32. The van der Waals surface area contributed by atoms with E-state index in [1.54, 1.807) is 12.1 Å². The average Bonchev–Trinajstić information content (AvgIpc) is 3.03. The van der Waals surface area contributed by atoms with E-state index in [9.17, 15) is 9.18 Å². The molecule has 4 rings (SSSR count). The van der Waals surface area contributed by atoms with Crippen molar-refractivity contribution in [3.8, 4) is 11.4 Å². The van der Waals surface area contributed by atoms with Gasteiger partial charge in [-0.15, -0.1) is 0 Å². The predicted molar refractivity (Wildman–Crippen MR) is 108 cm³/mol. The van der Waals surface area contributed by atoms with Gasteiger partial charge in [-0.05, 0) is 36.4 Å². The third-order valence-corrected chi connectivity index (χ3v) is 4.74. The minimum Gasteiger partial charge on any atom is -0.322 e. The zero-order chi connectivity index (χ0) is 18.8. The number of para-hydroxylation sites is 3. The number of anilines is 1. The van der Waals surface area contributed by atoms with Crippen LogP contribution in [0.3, 0.4) is 0 Å². The number of rotatable bonds is 4. The minimum absolute atomic E-state index is 0.0280. The van der Waals surface area contributed by atoms with E-state index in [1.807, 2.05) is 53.1 Å². The summed E-state index contributed by atoms with van der Waals surface area (Å²) < 4.78 is 16.6. The highest BCUT2D eigenvalue weighted by atomic mass is 79.9. The molecule has 1 amide bonds. The van der Waals surface area contributed by atoms with Crippen LogP contribution in [-0.2, 0) is 11.3 Å². The molecule has 0 unspecified atom stereocenters. The third-order valence-electron chi connectivity index (χ3n) is 4.21. The molecule has 4 aromatic rings. The van der Waals surface area contributed by atoms with E-state index in [-0.39, 0.29) is 18.1 Å². The fraction of sp³-hybridized carbons (Fsp3) is 0.0476. The summed E-state index contributed by atoms with van der Waals surface area (Å²) in [5.41, 5.74) is 2.71. The molecule has 6 heteroatoms. The van der Waals surface area contributed by atoms with Crippen LogP contribution in [0.2, 0.25) is 0 Å². The Morgan fingerprint density at radius 2 is 1.70 bits per heavy atom. The molecular weight excluding hydrogens is 409 g/mol. The van der Waals surface area contributed by atoms with Gasteiger partial charge in [-0.2, -0.15) is 0 Å². The van der Waals surface area contributed by atoms with Gasteiger partial charge in [-0.1, -0.05) is 52.3 Å². The molecule has 4 nitrogen and oxygen atoms in total. The van der Waals surface area contributed by atoms with E-state index < -0.39 is 5.82 Å². The molecule has 0 aliphatic carbocycles. The van der Waals surface area contributed by atoms with Crippen LogP contribution in [0.1, 0.15) is 0 Å². The number of nitrogens with zero attached hydrogens (tertiary/aromatic N) is 2. The summed E-state index contributed by atoms with van der Waals surface area (Å²) >= 11 is 3.43. The Labute approximate surface area is 163 Å². The molecule has 0 saturated heterocycles. The van der Waals surface area contributed by atoms with Crippen molar-refractivity contribution in [2.75, 3.05) is 5.32 Å². The highest BCUT2D eigenvalue weighted by Gasteiger charge is 2.16. The molecule has 3 aromatic carbocycles. The molecule has 1 heterocycles.